The van der Waals surface area contributed by atoms with Gasteiger partial charge in [-0.1, -0.05) is 17.7 Å². The Hall–Kier alpha value is -1.55. The second kappa shape index (κ2) is 5.40. The second-order valence-electron chi connectivity index (χ2n) is 4.34. The molecule has 1 aromatic carbocycles. The number of rotatable bonds is 4. The minimum Gasteiger partial charge on any atom is -0.455 e. The number of benzene rings is 1. The molecule has 0 spiro atoms. The van der Waals surface area contributed by atoms with Crippen molar-refractivity contribution >= 4 is 29.2 Å². The number of carbonyl (C=O) groups excluding carboxylic acids is 2. The molecule has 18 heavy (non-hydrogen) atoms. The highest BCUT2D eigenvalue weighted by molar-refractivity contribution is 6.31. The van der Waals surface area contributed by atoms with E-state index >= 15 is 0 Å². The van der Waals surface area contributed by atoms with Gasteiger partial charge in [-0.15, -0.1) is 0 Å². The van der Waals surface area contributed by atoms with Gasteiger partial charge in [0.15, 0.2) is 6.61 Å². The summed E-state index contributed by atoms with van der Waals surface area (Å²) in [7, 11) is 0. The van der Waals surface area contributed by atoms with Crippen molar-refractivity contribution in [2.75, 3.05) is 11.9 Å². The van der Waals surface area contributed by atoms with Gasteiger partial charge in [0.2, 0.25) is 0 Å². The minimum absolute atomic E-state index is 0.00528. The number of hydrogen-bond donors (Lipinski definition) is 1. The van der Waals surface area contributed by atoms with Gasteiger partial charge in [-0.2, -0.15) is 0 Å². The third-order valence-electron chi connectivity index (χ3n) is 2.80. The molecule has 1 N–H and O–H groups in total. The van der Waals surface area contributed by atoms with Crippen LogP contribution in [0.4, 0.5) is 5.69 Å². The Morgan fingerprint density at radius 1 is 1.44 bits per heavy atom. The Labute approximate surface area is 110 Å². The molecule has 1 aromatic rings. The first-order valence-electron chi connectivity index (χ1n) is 5.79. The quantitative estimate of drug-likeness (QED) is 0.853. The zero-order chi connectivity index (χ0) is 13.1. The molecule has 0 bridgehead atoms. The predicted octanol–water partition coefficient (Wildman–Crippen LogP) is 2.54. The Morgan fingerprint density at radius 3 is 2.83 bits per heavy atom. The smallest absolute Gasteiger partial charge is 0.309 e. The maximum Gasteiger partial charge on any atom is 0.309 e. The first-order chi connectivity index (χ1) is 8.58. The van der Waals surface area contributed by atoms with Crippen LogP contribution in [0.3, 0.4) is 0 Å². The van der Waals surface area contributed by atoms with E-state index in [9.17, 15) is 9.59 Å². The first kappa shape index (κ1) is 12.9. The first-order valence-corrected chi connectivity index (χ1v) is 6.17. The maximum absolute atomic E-state index is 11.6. The van der Waals surface area contributed by atoms with Gasteiger partial charge in [0.05, 0.1) is 5.92 Å². The number of esters is 1. The van der Waals surface area contributed by atoms with E-state index in [4.69, 9.17) is 16.3 Å². The van der Waals surface area contributed by atoms with Crippen LogP contribution in [-0.2, 0) is 14.3 Å². The zero-order valence-electron chi connectivity index (χ0n) is 10.0. The number of carbonyl (C=O) groups is 2. The summed E-state index contributed by atoms with van der Waals surface area (Å²) < 4.78 is 4.89. The highest BCUT2D eigenvalue weighted by atomic mass is 35.5. The highest BCUT2D eigenvalue weighted by Crippen LogP contribution is 2.30. The molecule has 0 unspecified atom stereocenters. The van der Waals surface area contributed by atoms with Gasteiger partial charge < -0.3 is 10.1 Å². The average molecular weight is 268 g/mol. The van der Waals surface area contributed by atoms with E-state index in [1.54, 1.807) is 18.2 Å². The molecule has 5 heteroatoms. The monoisotopic (exact) mass is 267 g/mol. The Morgan fingerprint density at radius 2 is 2.17 bits per heavy atom. The normalized spacial score (nSPS) is 14.1. The molecule has 0 saturated heterocycles. The molecule has 0 aliphatic heterocycles. The highest BCUT2D eigenvalue weighted by Gasteiger charge is 2.31. The molecule has 0 aromatic heterocycles. The molecule has 96 valence electrons. The van der Waals surface area contributed by atoms with Gasteiger partial charge >= 0.3 is 5.97 Å². The summed E-state index contributed by atoms with van der Waals surface area (Å²) in [4.78, 5) is 22.9. The van der Waals surface area contributed by atoms with E-state index in [2.05, 4.69) is 5.32 Å². The van der Waals surface area contributed by atoms with Crippen LogP contribution in [0.2, 0.25) is 5.02 Å². The van der Waals surface area contributed by atoms with Crippen LogP contribution in [0.25, 0.3) is 0 Å². The van der Waals surface area contributed by atoms with Gasteiger partial charge in [-0.05, 0) is 37.5 Å². The number of amides is 1. The number of anilines is 1. The molecule has 1 amide bonds. The van der Waals surface area contributed by atoms with Crippen LogP contribution in [0.15, 0.2) is 18.2 Å². The van der Waals surface area contributed by atoms with E-state index in [1.807, 2.05) is 6.92 Å². The third kappa shape index (κ3) is 3.23. The predicted molar refractivity (Wildman–Crippen MR) is 68.5 cm³/mol. The number of halogens is 1. The molecule has 1 aliphatic carbocycles. The largest absolute Gasteiger partial charge is 0.455 e. The van der Waals surface area contributed by atoms with E-state index in [-0.39, 0.29) is 24.4 Å². The van der Waals surface area contributed by atoms with Gasteiger partial charge in [-0.3, -0.25) is 9.59 Å². The minimum atomic E-state index is -0.352. The van der Waals surface area contributed by atoms with Crippen molar-refractivity contribution in [2.24, 2.45) is 5.92 Å². The van der Waals surface area contributed by atoms with E-state index < -0.39 is 0 Å². The van der Waals surface area contributed by atoms with Crippen molar-refractivity contribution in [1.82, 2.24) is 0 Å². The Bertz CT molecular complexity index is 483. The van der Waals surface area contributed by atoms with Crippen LogP contribution in [0.1, 0.15) is 18.4 Å². The third-order valence-corrected chi connectivity index (χ3v) is 3.21. The van der Waals surface area contributed by atoms with Crippen molar-refractivity contribution in [2.45, 2.75) is 19.8 Å². The molecule has 0 heterocycles. The summed E-state index contributed by atoms with van der Waals surface area (Å²) >= 11 is 5.94. The Kier molecular flexibility index (Phi) is 3.87. The van der Waals surface area contributed by atoms with Gasteiger partial charge in [-0.25, -0.2) is 0 Å². The summed E-state index contributed by atoms with van der Waals surface area (Å²) in [6, 6.07) is 5.25. The lowest BCUT2D eigenvalue weighted by Gasteiger charge is -2.09. The zero-order valence-corrected chi connectivity index (χ0v) is 10.8. The van der Waals surface area contributed by atoms with Crippen LogP contribution in [-0.4, -0.2) is 18.5 Å². The van der Waals surface area contributed by atoms with Gasteiger partial charge in [0.25, 0.3) is 5.91 Å². The van der Waals surface area contributed by atoms with Crippen LogP contribution in [0, 0.1) is 12.8 Å². The topological polar surface area (TPSA) is 55.4 Å². The lowest BCUT2D eigenvalue weighted by atomic mass is 10.2. The molecule has 0 radical (unpaired) electrons. The standard InChI is InChI=1S/C13H14ClNO3/c1-8-10(14)3-2-4-11(8)15-12(16)7-18-13(17)9-5-6-9/h2-4,9H,5-7H2,1H3,(H,15,16). The van der Waals surface area contributed by atoms with Crippen molar-refractivity contribution in [1.29, 1.82) is 0 Å². The van der Waals surface area contributed by atoms with Crippen LogP contribution >= 0.6 is 11.6 Å². The number of ether oxygens (including phenoxy) is 1. The molecular formula is C13H14ClNO3. The second-order valence-corrected chi connectivity index (χ2v) is 4.75. The van der Waals surface area contributed by atoms with Crippen molar-refractivity contribution in [3.8, 4) is 0 Å². The summed E-state index contributed by atoms with van der Waals surface area (Å²) in [6.07, 6.45) is 1.74. The average Bonchev–Trinajstić information content (AvgIpc) is 3.16. The number of hydrogen-bond acceptors (Lipinski definition) is 3. The van der Waals surface area contributed by atoms with Crippen LogP contribution < -0.4 is 5.32 Å². The van der Waals surface area contributed by atoms with E-state index in [0.717, 1.165) is 18.4 Å². The fraction of sp³-hybridized carbons (Fsp3) is 0.385. The lowest BCUT2D eigenvalue weighted by molar-refractivity contribution is -0.148. The summed E-state index contributed by atoms with van der Waals surface area (Å²) in [6.45, 7) is 1.56. The summed E-state index contributed by atoms with van der Waals surface area (Å²) in [5.41, 5.74) is 1.43. The van der Waals surface area contributed by atoms with E-state index in [0.29, 0.717) is 10.7 Å². The molecule has 4 nitrogen and oxygen atoms in total. The molecule has 1 aliphatic rings. The van der Waals surface area contributed by atoms with Gasteiger partial charge in [0, 0.05) is 10.7 Å². The summed E-state index contributed by atoms with van der Waals surface area (Å²) in [5, 5.41) is 3.25. The fourth-order valence-electron chi connectivity index (χ4n) is 1.50. The molecule has 0 atom stereocenters. The molecule has 1 fully saturated rings. The van der Waals surface area contributed by atoms with E-state index in [1.165, 1.54) is 0 Å². The Balaban J connectivity index is 1.86. The lowest BCUT2D eigenvalue weighted by Crippen LogP contribution is -2.21. The SMILES string of the molecule is Cc1c(Cl)cccc1NC(=O)COC(=O)C1CC1. The van der Waals surface area contributed by atoms with Crippen molar-refractivity contribution < 1.29 is 14.3 Å². The molecule has 2 rings (SSSR count). The molecule has 1 saturated carbocycles. The van der Waals surface area contributed by atoms with Crippen molar-refractivity contribution in [3.63, 3.8) is 0 Å². The summed E-state index contributed by atoms with van der Waals surface area (Å²) in [5.74, 6) is -0.631. The van der Waals surface area contributed by atoms with Crippen molar-refractivity contribution in [3.05, 3.63) is 28.8 Å². The maximum atomic E-state index is 11.6. The van der Waals surface area contributed by atoms with Gasteiger partial charge in [0.1, 0.15) is 0 Å². The molecular weight excluding hydrogens is 254 g/mol. The van der Waals surface area contributed by atoms with Crippen LogP contribution in [0.5, 0.6) is 0 Å². The fourth-order valence-corrected chi connectivity index (χ4v) is 1.68. The number of nitrogens with one attached hydrogen (secondary N) is 1.